The lowest BCUT2D eigenvalue weighted by Gasteiger charge is -2.22. The average molecular weight is 442 g/mol. The van der Waals surface area contributed by atoms with Gasteiger partial charge in [-0.15, -0.1) is 0 Å². The maximum absolute atomic E-state index is 14.7. The summed E-state index contributed by atoms with van der Waals surface area (Å²) in [6, 6.07) is -0.0495. The summed E-state index contributed by atoms with van der Waals surface area (Å²) in [5.74, 6) is -7.90. The Morgan fingerprint density at radius 2 is 1.81 bits per heavy atom. The van der Waals surface area contributed by atoms with Gasteiger partial charge in [0.15, 0.2) is 5.82 Å². The molecule has 0 spiro atoms. The number of rotatable bonds is 9. The van der Waals surface area contributed by atoms with Crippen molar-refractivity contribution in [3.8, 4) is 0 Å². The van der Waals surface area contributed by atoms with Crippen molar-refractivity contribution in [3.63, 3.8) is 0 Å². The predicted molar refractivity (Wildman–Crippen MR) is 106 cm³/mol. The van der Waals surface area contributed by atoms with Crippen molar-refractivity contribution >= 4 is 17.4 Å². The lowest BCUT2D eigenvalue weighted by molar-refractivity contribution is -0.388. The summed E-state index contributed by atoms with van der Waals surface area (Å²) >= 11 is 0. The third-order valence-corrected chi connectivity index (χ3v) is 5.19. The van der Waals surface area contributed by atoms with E-state index in [0.29, 0.717) is 12.8 Å². The van der Waals surface area contributed by atoms with E-state index in [4.69, 9.17) is 4.74 Å². The maximum atomic E-state index is 14.7. The fourth-order valence-corrected chi connectivity index (χ4v) is 3.35. The van der Waals surface area contributed by atoms with E-state index in [0.717, 1.165) is 45.2 Å². The number of unbranched alkanes of at least 4 members (excludes halogenated alkanes) is 1. The Balaban J connectivity index is 2.51. The van der Waals surface area contributed by atoms with Gasteiger partial charge in [-0.1, -0.05) is 32.6 Å². The Bertz CT molecular complexity index is 896. The minimum Gasteiger partial charge on any atom is -0.462 e. The van der Waals surface area contributed by atoms with Crippen LogP contribution in [0.15, 0.2) is 11.8 Å². The van der Waals surface area contributed by atoms with Crippen LogP contribution in [0.5, 0.6) is 0 Å². The zero-order valence-corrected chi connectivity index (χ0v) is 17.4. The number of halogens is 3. The van der Waals surface area contributed by atoms with Crippen LogP contribution in [-0.2, 0) is 9.53 Å². The second kappa shape index (κ2) is 10.9. The molecule has 170 valence electrons. The number of nitro benzene ring substituents is 1. The van der Waals surface area contributed by atoms with Gasteiger partial charge in [-0.3, -0.25) is 14.9 Å². The topological polar surface area (TPSA) is 98.5 Å². The highest BCUT2D eigenvalue weighted by molar-refractivity contribution is 6.25. The molecule has 0 unspecified atom stereocenters. The van der Waals surface area contributed by atoms with Crippen molar-refractivity contribution in [1.29, 1.82) is 0 Å². The summed E-state index contributed by atoms with van der Waals surface area (Å²) in [5.41, 5.74) is -4.58. The van der Waals surface area contributed by atoms with Crippen LogP contribution in [0.2, 0.25) is 0 Å². The molecule has 0 atom stereocenters. The molecule has 0 heterocycles. The van der Waals surface area contributed by atoms with E-state index >= 15 is 0 Å². The van der Waals surface area contributed by atoms with E-state index < -0.39 is 56.5 Å². The number of benzene rings is 1. The number of carbonyl (C=O) groups is 2. The van der Waals surface area contributed by atoms with Crippen molar-refractivity contribution in [2.24, 2.45) is 0 Å². The second-order valence-electron chi connectivity index (χ2n) is 7.43. The van der Waals surface area contributed by atoms with Gasteiger partial charge in [-0.2, -0.15) is 4.39 Å². The van der Waals surface area contributed by atoms with Crippen LogP contribution in [0.25, 0.3) is 0 Å². The standard InChI is InChI=1S/C21H25F3N2O5/c1-3-4-10-31-21(28)14(11-25-13-8-6-5-7-9-13)20(27)15-16(22)12(2)17(23)18(24)19(15)26(29)30/h11,13,25H,3-10H2,1-2H3/b14-11+. The van der Waals surface area contributed by atoms with E-state index in [-0.39, 0.29) is 12.6 Å². The smallest absolute Gasteiger partial charge is 0.343 e. The fourth-order valence-electron chi connectivity index (χ4n) is 3.35. The van der Waals surface area contributed by atoms with Crippen LogP contribution in [0, 0.1) is 34.5 Å². The quantitative estimate of drug-likeness (QED) is 0.0688. The molecule has 1 aromatic rings. The molecule has 7 nitrogen and oxygen atoms in total. The normalized spacial score (nSPS) is 14.9. The van der Waals surface area contributed by atoms with Gasteiger partial charge in [0.2, 0.25) is 11.6 Å². The highest BCUT2D eigenvalue weighted by Crippen LogP contribution is 2.32. The van der Waals surface area contributed by atoms with Gasteiger partial charge in [-0.25, -0.2) is 13.6 Å². The maximum Gasteiger partial charge on any atom is 0.343 e. The Labute approximate surface area is 177 Å². The van der Waals surface area contributed by atoms with Gasteiger partial charge in [0.05, 0.1) is 11.5 Å². The Morgan fingerprint density at radius 1 is 1.16 bits per heavy atom. The summed E-state index contributed by atoms with van der Waals surface area (Å²) in [6.45, 7) is 2.67. The first-order chi connectivity index (χ1) is 14.7. The highest BCUT2D eigenvalue weighted by atomic mass is 19.2. The van der Waals surface area contributed by atoms with E-state index in [1.54, 1.807) is 0 Å². The molecule has 1 aliphatic rings. The molecule has 1 saturated carbocycles. The molecule has 1 N–H and O–H groups in total. The van der Waals surface area contributed by atoms with Gasteiger partial charge in [0.25, 0.3) is 0 Å². The van der Waals surface area contributed by atoms with E-state index in [1.807, 2.05) is 6.92 Å². The zero-order valence-electron chi connectivity index (χ0n) is 17.4. The first kappa shape index (κ1) is 24.4. The van der Waals surface area contributed by atoms with Crippen LogP contribution in [0.3, 0.4) is 0 Å². The van der Waals surface area contributed by atoms with Gasteiger partial charge in [0.1, 0.15) is 17.0 Å². The third kappa shape index (κ3) is 5.62. The van der Waals surface area contributed by atoms with Crippen LogP contribution in [-0.4, -0.2) is 29.3 Å². The minimum absolute atomic E-state index is 0.0231. The fraction of sp³-hybridized carbons (Fsp3) is 0.524. The summed E-state index contributed by atoms with van der Waals surface area (Å²) in [7, 11) is 0. The molecule has 1 aromatic carbocycles. The lowest BCUT2D eigenvalue weighted by Crippen LogP contribution is -2.29. The monoisotopic (exact) mass is 442 g/mol. The number of nitrogens with one attached hydrogen (secondary N) is 1. The zero-order chi connectivity index (χ0) is 23.1. The van der Waals surface area contributed by atoms with Crippen LogP contribution < -0.4 is 5.32 Å². The molecule has 1 aliphatic carbocycles. The van der Waals surface area contributed by atoms with Crippen LogP contribution >= 0.6 is 0 Å². The Morgan fingerprint density at radius 3 is 2.39 bits per heavy atom. The molecule has 1 fully saturated rings. The second-order valence-corrected chi connectivity index (χ2v) is 7.43. The van der Waals surface area contributed by atoms with Crippen LogP contribution in [0.4, 0.5) is 18.9 Å². The number of hydrogen-bond acceptors (Lipinski definition) is 6. The van der Waals surface area contributed by atoms with Crippen molar-refractivity contribution in [2.75, 3.05) is 6.61 Å². The molecular weight excluding hydrogens is 417 g/mol. The Hall–Kier alpha value is -2.91. The SMILES string of the molecule is CCCCOC(=O)/C(=C/NC1CCCCC1)C(=O)c1c(F)c(C)c(F)c(F)c1[N+](=O)[O-]. The lowest BCUT2D eigenvalue weighted by atomic mass is 9.95. The average Bonchev–Trinajstić information content (AvgIpc) is 2.75. The molecule has 31 heavy (non-hydrogen) atoms. The largest absolute Gasteiger partial charge is 0.462 e. The highest BCUT2D eigenvalue weighted by Gasteiger charge is 2.37. The molecule has 0 amide bonds. The minimum atomic E-state index is -1.97. The van der Waals surface area contributed by atoms with Crippen molar-refractivity contribution in [3.05, 3.63) is 50.5 Å². The number of nitro groups is 1. The van der Waals surface area contributed by atoms with Gasteiger partial charge >= 0.3 is 11.7 Å². The van der Waals surface area contributed by atoms with E-state index in [2.05, 4.69) is 5.32 Å². The first-order valence-corrected chi connectivity index (χ1v) is 10.2. The summed E-state index contributed by atoms with van der Waals surface area (Å²) < 4.78 is 47.8. The van der Waals surface area contributed by atoms with Gasteiger partial charge < -0.3 is 10.1 Å². The van der Waals surface area contributed by atoms with E-state index in [9.17, 15) is 32.9 Å². The van der Waals surface area contributed by atoms with Gasteiger partial charge in [0, 0.05) is 17.8 Å². The summed E-state index contributed by atoms with van der Waals surface area (Å²) in [4.78, 5) is 35.4. The Kier molecular flexibility index (Phi) is 8.58. The van der Waals surface area contributed by atoms with Crippen LogP contribution in [0.1, 0.15) is 67.8 Å². The number of hydrogen-bond donors (Lipinski definition) is 1. The molecule has 2 rings (SSSR count). The van der Waals surface area contributed by atoms with Crippen molar-refractivity contribution < 1.29 is 32.4 Å². The van der Waals surface area contributed by atoms with Gasteiger partial charge in [-0.05, 0) is 26.2 Å². The molecule has 0 aromatic heterocycles. The molecule has 0 bridgehead atoms. The summed E-state index contributed by atoms with van der Waals surface area (Å²) in [5, 5.41) is 14.2. The number of nitrogens with zero attached hydrogens (tertiary/aromatic N) is 1. The molecule has 0 radical (unpaired) electrons. The molecule has 0 saturated heterocycles. The number of ether oxygens (including phenoxy) is 1. The van der Waals surface area contributed by atoms with E-state index in [1.165, 1.54) is 0 Å². The number of Topliss-reactive ketones (excluding diaryl/α,β-unsaturated/α-hetero) is 1. The molecule has 10 heteroatoms. The van der Waals surface area contributed by atoms with Crippen molar-refractivity contribution in [2.45, 2.75) is 64.8 Å². The number of carbonyl (C=O) groups excluding carboxylic acids is 2. The molecular formula is C21H25F3N2O5. The van der Waals surface area contributed by atoms with Crippen molar-refractivity contribution in [1.82, 2.24) is 5.32 Å². The summed E-state index contributed by atoms with van der Waals surface area (Å²) in [6.07, 6.45) is 6.73. The molecule has 0 aliphatic heterocycles. The first-order valence-electron chi connectivity index (χ1n) is 10.2. The number of ketones is 1. The third-order valence-electron chi connectivity index (χ3n) is 5.19. The number of esters is 1. The predicted octanol–water partition coefficient (Wildman–Crippen LogP) is 4.65.